The predicted molar refractivity (Wildman–Crippen MR) is 215 cm³/mol. The number of fused-ring (bicyclic) bond motifs is 2. The second-order valence-electron chi connectivity index (χ2n) is 17.9. The van der Waals surface area contributed by atoms with Crippen molar-refractivity contribution in [3.05, 3.63) is 36.5 Å². The van der Waals surface area contributed by atoms with Crippen LogP contribution in [0.3, 0.4) is 0 Å². The van der Waals surface area contributed by atoms with E-state index in [1.165, 1.54) is 39.8 Å². The van der Waals surface area contributed by atoms with Crippen LogP contribution in [-0.4, -0.2) is 103 Å². The molecule has 3 heterocycles. The maximum Gasteiger partial charge on any atom is 0.330 e. The molecule has 0 aliphatic carbocycles. The minimum Gasteiger partial charge on any atom is -0.458 e. The number of allylic oxidation sites excluding steroid dienone is 4. The van der Waals surface area contributed by atoms with E-state index in [4.69, 9.17) is 14.2 Å². The van der Waals surface area contributed by atoms with Gasteiger partial charge in [-0.15, -0.1) is 0 Å². The second-order valence-corrected chi connectivity index (χ2v) is 17.9. The Morgan fingerprint density at radius 2 is 1.47 bits per heavy atom. The summed E-state index contributed by atoms with van der Waals surface area (Å²) in [6, 6.07) is 0. The average molecular weight is 805 g/mol. The lowest BCUT2D eigenvalue weighted by Crippen LogP contribution is -2.66. The number of aliphatic hydroxyl groups is 5. The van der Waals surface area contributed by atoms with Gasteiger partial charge < -0.3 is 39.7 Å². The van der Waals surface area contributed by atoms with Gasteiger partial charge in [-0.25, -0.2) is 4.79 Å². The molecule has 0 amide bonds. The number of carbonyl (C=O) groups excluding carboxylic acids is 4. The summed E-state index contributed by atoms with van der Waals surface area (Å²) in [6.45, 7) is 18.3. The molecule has 0 saturated carbocycles. The highest BCUT2D eigenvalue weighted by Crippen LogP contribution is 2.47. The van der Waals surface area contributed by atoms with E-state index < -0.39 is 107 Å². The number of Topliss-reactive ketones (excluding diaryl/α,β-unsaturated/α-hetero) is 3. The molecule has 12 heteroatoms. The molecular formula is C45H72O12. The molecule has 0 radical (unpaired) electrons. The number of hydrogen-bond donors (Lipinski definition) is 5. The number of rotatable bonds is 3. The largest absolute Gasteiger partial charge is 0.458 e. The standard InChI is InChI=1S/C45H72O12/c1-12-33-17-15-13-14-16-25(3)42(52)44(11,54)43(53)31(9)40(51)30(8)39(50)29(7)38(49)24(2)18-21-37(48)55-41-28(6)34(20-19-33)56-45(32(41)10)36(47)22-26(4)35(57-45)23-27(5)46/h13-15,17-18,21,24-35,38,40-42,46,49,51-52,54H,12,16,19-20,22-23H2,1-11H3/b14-13-,17-15+,21-18-/t24-,25+,26-,27+,28+,29-,30-,31-,32-,33?,34-,35-,38+,40?,41+,42?,44+,45+/m0/s1. The normalized spacial score (nSPS) is 46.2. The van der Waals surface area contributed by atoms with Gasteiger partial charge in [0.2, 0.25) is 5.79 Å². The number of esters is 1. The Morgan fingerprint density at radius 3 is 2.09 bits per heavy atom. The third-order valence-electron chi connectivity index (χ3n) is 13.2. The van der Waals surface area contributed by atoms with Gasteiger partial charge in [0.05, 0.1) is 42.5 Å². The van der Waals surface area contributed by atoms with Crippen LogP contribution in [0.5, 0.6) is 0 Å². The van der Waals surface area contributed by atoms with E-state index in [1.807, 2.05) is 32.1 Å². The molecule has 5 N–H and O–H groups in total. The summed E-state index contributed by atoms with van der Waals surface area (Å²) in [6.07, 6.45) is 6.53. The minimum absolute atomic E-state index is 0.132. The van der Waals surface area contributed by atoms with Gasteiger partial charge in [0.1, 0.15) is 17.5 Å². The van der Waals surface area contributed by atoms with Gasteiger partial charge in [0.15, 0.2) is 11.6 Å². The molecule has 0 aromatic carbocycles. The number of ether oxygens (including phenoxy) is 3. The zero-order chi connectivity index (χ0) is 43.2. The Kier molecular flexibility index (Phi) is 17.6. The molecule has 18 atom stereocenters. The lowest BCUT2D eigenvalue weighted by molar-refractivity contribution is -0.344. The smallest absolute Gasteiger partial charge is 0.330 e. The van der Waals surface area contributed by atoms with Crippen LogP contribution >= 0.6 is 0 Å². The Labute approximate surface area is 340 Å². The van der Waals surface area contributed by atoms with E-state index in [2.05, 4.69) is 13.0 Å². The van der Waals surface area contributed by atoms with Crippen LogP contribution in [0.15, 0.2) is 36.5 Å². The fourth-order valence-electron chi connectivity index (χ4n) is 8.91. The molecule has 1 spiro atoms. The van der Waals surface area contributed by atoms with Gasteiger partial charge in [-0.3, -0.25) is 14.4 Å². The molecule has 0 aromatic rings. The molecule has 3 aliphatic heterocycles. The third kappa shape index (κ3) is 11.4. The van der Waals surface area contributed by atoms with Gasteiger partial charge in [-0.05, 0) is 63.7 Å². The predicted octanol–water partition coefficient (Wildman–Crippen LogP) is 5.06. The van der Waals surface area contributed by atoms with Crippen LogP contribution in [-0.2, 0) is 33.4 Å². The van der Waals surface area contributed by atoms with Crippen LogP contribution in [0, 0.1) is 53.3 Å². The highest BCUT2D eigenvalue weighted by molar-refractivity contribution is 5.91. The zero-order valence-corrected chi connectivity index (χ0v) is 36.0. The highest BCUT2D eigenvalue weighted by atomic mass is 16.7. The zero-order valence-electron chi connectivity index (χ0n) is 36.0. The molecule has 12 nitrogen and oxygen atoms in total. The van der Waals surface area contributed by atoms with Crippen molar-refractivity contribution in [1.82, 2.24) is 0 Å². The lowest BCUT2D eigenvalue weighted by atomic mass is 9.74. The number of ketones is 3. The van der Waals surface area contributed by atoms with Crippen LogP contribution in [0.25, 0.3) is 0 Å². The molecule has 57 heavy (non-hydrogen) atoms. The van der Waals surface area contributed by atoms with E-state index in [1.54, 1.807) is 27.7 Å². The Morgan fingerprint density at radius 1 is 0.842 bits per heavy atom. The van der Waals surface area contributed by atoms with Crippen LogP contribution in [0.2, 0.25) is 0 Å². The summed E-state index contributed by atoms with van der Waals surface area (Å²) in [5.41, 5.74) is -2.21. The first kappa shape index (κ1) is 48.8. The van der Waals surface area contributed by atoms with Gasteiger partial charge in [-0.1, -0.05) is 92.7 Å². The Bertz CT molecular complexity index is 1470. The molecule has 3 unspecified atom stereocenters. The van der Waals surface area contributed by atoms with Crippen molar-refractivity contribution < 1.29 is 58.9 Å². The maximum atomic E-state index is 14.0. The monoisotopic (exact) mass is 805 g/mol. The second kappa shape index (κ2) is 20.6. The van der Waals surface area contributed by atoms with Crippen molar-refractivity contribution in [2.24, 2.45) is 53.3 Å². The molecule has 3 aliphatic rings. The molecule has 2 bridgehead atoms. The molecule has 2 saturated heterocycles. The molecule has 2 fully saturated rings. The van der Waals surface area contributed by atoms with Gasteiger partial charge >= 0.3 is 5.97 Å². The summed E-state index contributed by atoms with van der Waals surface area (Å²) in [5, 5.41) is 55.0. The Hall–Kier alpha value is -2.58. The van der Waals surface area contributed by atoms with Crippen LogP contribution in [0.4, 0.5) is 0 Å². The summed E-state index contributed by atoms with van der Waals surface area (Å²) < 4.78 is 19.4. The quantitative estimate of drug-likeness (QED) is 0.238. The fraction of sp³-hybridized carbons (Fsp3) is 0.778. The van der Waals surface area contributed by atoms with Crippen molar-refractivity contribution in [3.63, 3.8) is 0 Å². The lowest BCUT2D eigenvalue weighted by Gasteiger charge is -2.54. The summed E-state index contributed by atoms with van der Waals surface area (Å²) in [4.78, 5) is 54.5. The number of aliphatic hydroxyl groups excluding tert-OH is 4. The highest BCUT2D eigenvalue weighted by Gasteiger charge is 2.61. The van der Waals surface area contributed by atoms with E-state index in [0.29, 0.717) is 25.7 Å². The minimum atomic E-state index is -2.21. The van der Waals surface area contributed by atoms with Crippen LogP contribution < -0.4 is 0 Å². The van der Waals surface area contributed by atoms with E-state index in [-0.39, 0.29) is 30.0 Å². The molecule has 324 valence electrons. The number of carbonyl (C=O) groups is 4. The van der Waals surface area contributed by atoms with E-state index in [0.717, 1.165) is 6.42 Å². The summed E-state index contributed by atoms with van der Waals surface area (Å²) >= 11 is 0. The van der Waals surface area contributed by atoms with Gasteiger partial charge in [-0.2, -0.15) is 0 Å². The van der Waals surface area contributed by atoms with E-state index >= 15 is 0 Å². The van der Waals surface area contributed by atoms with Crippen molar-refractivity contribution >= 4 is 23.3 Å². The molecular weight excluding hydrogens is 732 g/mol. The maximum absolute atomic E-state index is 14.0. The van der Waals surface area contributed by atoms with Crippen LogP contribution in [0.1, 0.15) is 115 Å². The van der Waals surface area contributed by atoms with Crippen molar-refractivity contribution in [2.45, 2.75) is 169 Å². The fourth-order valence-corrected chi connectivity index (χ4v) is 8.91. The average Bonchev–Trinajstić information content (AvgIpc) is 3.16. The van der Waals surface area contributed by atoms with Gasteiger partial charge in [0.25, 0.3) is 0 Å². The van der Waals surface area contributed by atoms with Crippen molar-refractivity contribution in [3.8, 4) is 0 Å². The first-order chi connectivity index (χ1) is 26.5. The topological polar surface area (TPSA) is 197 Å². The van der Waals surface area contributed by atoms with E-state index in [9.17, 15) is 44.7 Å². The van der Waals surface area contributed by atoms with Gasteiger partial charge in [0, 0.05) is 42.1 Å². The summed E-state index contributed by atoms with van der Waals surface area (Å²) in [7, 11) is 0. The SMILES string of the molecule is CCC1/C=C/C=C\C[C@@H](C)C(O)[C@@](C)(O)C(=O)[C@@H](C)C(O)[C@@H](C)C(=O)[C@@H](C)[C@H](O)[C@@H](C)/C=C\C(=O)O[C@@H]2[C@H](C)[C@H](CC1)O[C@@]1(O[C@@H](C[C@@H](C)O)[C@@H](C)CC1=O)[C@H]2C. The summed E-state index contributed by atoms with van der Waals surface area (Å²) in [5.74, 6) is -9.55. The first-order valence-electron chi connectivity index (χ1n) is 21.1. The number of hydrogen-bond acceptors (Lipinski definition) is 12. The van der Waals surface area contributed by atoms with Crippen molar-refractivity contribution in [2.75, 3.05) is 0 Å². The third-order valence-corrected chi connectivity index (χ3v) is 13.2. The Balaban J connectivity index is 2.02. The van der Waals surface area contributed by atoms with Crippen molar-refractivity contribution in [1.29, 1.82) is 0 Å². The molecule has 3 rings (SSSR count). The first-order valence-corrected chi connectivity index (χ1v) is 21.1. The molecule has 0 aromatic heterocycles.